The molecule has 1 aliphatic rings. The Labute approximate surface area is 136 Å². The van der Waals surface area contributed by atoms with Gasteiger partial charge in [0.05, 0.1) is 22.3 Å². The molecular formula is C16H32F2N2OS. The summed E-state index contributed by atoms with van der Waals surface area (Å²) in [5.74, 6) is -2.19. The van der Waals surface area contributed by atoms with Crippen LogP contribution in [0.4, 0.5) is 8.78 Å². The third kappa shape index (κ3) is 6.59. The van der Waals surface area contributed by atoms with Gasteiger partial charge in [0.25, 0.3) is 5.92 Å². The number of likely N-dealkylation sites (tertiary alicyclic amines) is 1. The van der Waals surface area contributed by atoms with Crippen LogP contribution >= 0.6 is 0 Å². The number of piperidine rings is 1. The van der Waals surface area contributed by atoms with Crippen LogP contribution in [0, 0.1) is 5.92 Å². The maximum atomic E-state index is 13.6. The van der Waals surface area contributed by atoms with Crippen LogP contribution in [0.15, 0.2) is 0 Å². The van der Waals surface area contributed by atoms with E-state index in [1.54, 1.807) is 0 Å². The summed E-state index contributed by atoms with van der Waals surface area (Å²) in [4.78, 5) is 1.82. The molecule has 0 aliphatic carbocycles. The van der Waals surface area contributed by atoms with Crippen LogP contribution in [-0.2, 0) is 11.0 Å². The molecule has 2 unspecified atom stereocenters. The van der Waals surface area contributed by atoms with Gasteiger partial charge in [-0.25, -0.2) is 17.7 Å². The highest BCUT2D eigenvalue weighted by atomic mass is 32.2. The average molecular weight is 339 g/mol. The van der Waals surface area contributed by atoms with Crippen molar-refractivity contribution in [3.05, 3.63) is 0 Å². The van der Waals surface area contributed by atoms with Crippen molar-refractivity contribution in [1.82, 2.24) is 9.62 Å². The molecule has 1 N–H and O–H groups in total. The lowest BCUT2D eigenvalue weighted by molar-refractivity contribution is -0.0686. The molecule has 0 aromatic carbocycles. The highest BCUT2D eigenvalue weighted by Gasteiger charge is 2.39. The van der Waals surface area contributed by atoms with E-state index in [2.05, 4.69) is 18.6 Å². The van der Waals surface area contributed by atoms with Gasteiger partial charge in [-0.15, -0.1) is 0 Å². The molecule has 0 aromatic heterocycles. The predicted molar refractivity (Wildman–Crippen MR) is 89.5 cm³/mol. The fraction of sp³-hybridized carbons (Fsp3) is 1.00. The second-order valence-electron chi connectivity index (χ2n) is 8.31. The van der Waals surface area contributed by atoms with E-state index in [0.29, 0.717) is 25.4 Å². The number of nitrogens with zero attached hydrogens (tertiary/aromatic N) is 1. The van der Waals surface area contributed by atoms with Gasteiger partial charge in [-0.2, -0.15) is 0 Å². The molecule has 1 fully saturated rings. The van der Waals surface area contributed by atoms with E-state index in [4.69, 9.17) is 0 Å². The first-order valence-corrected chi connectivity index (χ1v) is 9.28. The lowest BCUT2D eigenvalue weighted by Gasteiger charge is -2.41. The SMILES string of the molecule is CC(C)CC(C)(CN1CCCC(F)(F)C1)NS(=O)C(C)(C)C. The summed E-state index contributed by atoms with van der Waals surface area (Å²) in [6, 6.07) is 0. The summed E-state index contributed by atoms with van der Waals surface area (Å²) in [5, 5.41) is 0. The summed E-state index contributed by atoms with van der Waals surface area (Å²) in [6.45, 7) is 13.0. The third-order valence-corrected chi connectivity index (χ3v) is 5.59. The van der Waals surface area contributed by atoms with Gasteiger partial charge in [0.2, 0.25) is 0 Å². The number of hydrogen-bond donors (Lipinski definition) is 1. The van der Waals surface area contributed by atoms with E-state index in [1.807, 2.05) is 32.6 Å². The smallest absolute Gasteiger partial charge is 0.260 e. The first-order chi connectivity index (χ1) is 9.83. The number of alkyl halides is 2. The van der Waals surface area contributed by atoms with Gasteiger partial charge in [-0.3, -0.25) is 4.90 Å². The summed E-state index contributed by atoms with van der Waals surface area (Å²) in [6.07, 6.45) is 1.30. The Bertz CT molecular complexity index is 396. The molecule has 1 rings (SSSR count). The van der Waals surface area contributed by atoms with E-state index in [1.165, 1.54) is 0 Å². The molecule has 1 aliphatic heterocycles. The molecule has 6 heteroatoms. The van der Waals surface area contributed by atoms with Gasteiger partial charge in [0, 0.05) is 18.5 Å². The molecular weight excluding hydrogens is 306 g/mol. The molecule has 132 valence electrons. The molecule has 0 aromatic rings. The number of hydrogen-bond acceptors (Lipinski definition) is 2. The monoisotopic (exact) mass is 338 g/mol. The van der Waals surface area contributed by atoms with Crippen molar-refractivity contribution in [2.45, 2.75) is 77.0 Å². The largest absolute Gasteiger partial charge is 0.296 e. The summed E-state index contributed by atoms with van der Waals surface area (Å²) < 4.78 is 42.6. The number of nitrogens with one attached hydrogen (secondary N) is 1. The highest BCUT2D eigenvalue weighted by molar-refractivity contribution is 7.84. The fourth-order valence-corrected chi connectivity index (χ4v) is 3.99. The standard InChI is InChI=1S/C16H32F2N2OS/c1-13(2)10-15(6,19-22(21)14(3,4)5)11-20-9-7-8-16(17,18)12-20/h13,19H,7-12H2,1-6H3. The van der Waals surface area contributed by atoms with Crippen LogP contribution in [0.25, 0.3) is 0 Å². The lowest BCUT2D eigenvalue weighted by Crippen LogP contribution is -2.57. The summed E-state index contributed by atoms with van der Waals surface area (Å²) in [7, 11) is -1.21. The normalized spacial score (nSPS) is 24.2. The van der Waals surface area contributed by atoms with Crippen LogP contribution in [0.3, 0.4) is 0 Å². The molecule has 0 bridgehead atoms. The van der Waals surface area contributed by atoms with Crippen molar-refractivity contribution >= 4 is 11.0 Å². The van der Waals surface area contributed by atoms with Gasteiger partial charge in [-0.1, -0.05) is 13.8 Å². The van der Waals surface area contributed by atoms with Crippen molar-refractivity contribution in [2.24, 2.45) is 5.92 Å². The molecule has 22 heavy (non-hydrogen) atoms. The molecule has 2 atom stereocenters. The molecule has 0 amide bonds. The van der Waals surface area contributed by atoms with E-state index in [-0.39, 0.29) is 17.7 Å². The summed E-state index contributed by atoms with van der Waals surface area (Å²) >= 11 is 0. The molecule has 3 nitrogen and oxygen atoms in total. The molecule has 0 spiro atoms. The molecule has 1 saturated heterocycles. The van der Waals surface area contributed by atoms with Gasteiger partial charge >= 0.3 is 0 Å². The Morgan fingerprint density at radius 1 is 1.27 bits per heavy atom. The van der Waals surface area contributed by atoms with Gasteiger partial charge in [-0.05, 0) is 53.0 Å². The molecule has 1 heterocycles. The van der Waals surface area contributed by atoms with Crippen molar-refractivity contribution in [2.75, 3.05) is 19.6 Å². The lowest BCUT2D eigenvalue weighted by atomic mass is 9.90. The maximum absolute atomic E-state index is 13.6. The Kier molecular flexibility index (Phi) is 6.56. The minimum Gasteiger partial charge on any atom is -0.296 e. The molecule has 0 radical (unpaired) electrons. The first-order valence-electron chi connectivity index (χ1n) is 8.13. The zero-order valence-electron chi connectivity index (χ0n) is 14.8. The van der Waals surface area contributed by atoms with Gasteiger partial charge in [0.1, 0.15) is 0 Å². The van der Waals surface area contributed by atoms with E-state index in [0.717, 1.165) is 6.42 Å². The van der Waals surface area contributed by atoms with Crippen molar-refractivity contribution < 1.29 is 13.0 Å². The van der Waals surface area contributed by atoms with Crippen LogP contribution in [0.1, 0.15) is 60.8 Å². The Balaban J connectivity index is 2.80. The van der Waals surface area contributed by atoms with Crippen LogP contribution in [0.2, 0.25) is 0 Å². The van der Waals surface area contributed by atoms with Gasteiger partial charge in [0.15, 0.2) is 0 Å². The van der Waals surface area contributed by atoms with Crippen LogP contribution < -0.4 is 4.72 Å². The third-order valence-electron chi connectivity index (χ3n) is 3.80. The minimum absolute atomic E-state index is 0.0221. The van der Waals surface area contributed by atoms with E-state index >= 15 is 0 Å². The quantitative estimate of drug-likeness (QED) is 0.803. The number of rotatable bonds is 6. The van der Waals surface area contributed by atoms with Crippen molar-refractivity contribution in [1.29, 1.82) is 0 Å². The zero-order valence-corrected chi connectivity index (χ0v) is 15.7. The minimum atomic E-state index is -2.60. The Morgan fingerprint density at radius 2 is 1.86 bits per heavy atom. The Morgan fingerprint density at radius 3 is 2.32 bits per heavy atom. The fourth-order valence-electron chi connectivity index (χ4n) is 3.09. The zero-order chi connectivity index (χ0) is 17.2. The molecule has 0 saturated carbocycles. The maximum Gasteiger partial charge on any atom is 0.260 e. The summed E-state index contributed by atoms with van der Waals surface area (Å²) in [5.41, 5.74) is -0.431. The van der Waals surface area contributed by atoms with Crippen LogP contribution in [-0.4, -0.2) is 45.0 Å². The van der Waals surface area contributed by atoms with Gasteiger partial charge < -0.3 is 0 Å². The van der Waals surface area contributed by atoms with E-state index in [9.17, 15) is 13.0 Å². The van der Waals surface area contributed by atoms with Crippen molar-refractivity contribution in [3.8, 4) is 0 Å². The van der Waals surface area contributed by atoms with Crippen LogP contribution in [0.5, 0.6) is 0 Å². The second kappa shape index (κ2) is 7.22. The highest BCUT2D eigenvalue weighted by Crippen LogP contribution is 2.29. The van der Waals surface area contributed by atoms with Crippen molar-refractivity contribution in [3.63, 3.8) is 0 Å². The first kappa shape index (κ1) is 20.0. The van der Waals surface area contributed by atoms with E-state index < -0.39 is 22.4 Å². The Hall–Kier alpha value is -0.0700. The average Bonchev–Trinajstić information content (AvgIpc) is 2.23. The second-order valence-corrected chi connectivity index (χ2v) is 10.3. The number of halogens is 2. The predicted octanol–water partition coefficient (Wildman–Crippen LogP) is 3.57. The topological polar surface area (TPSA) is 32.3 Å².